The van der Waals surface area contributed by atoms with Gasteiger partial charge in [-0.3, -0.25) is 9.59 Å². The summed E-state index contributed by atoms with van der Waals surface area (Å²) in [5.41, 5.74) is 2.41. The molecule has 38 heavy (non-hydrogen) atoms. The summed E-state index contributed by atoms with van der Waals surface area (Å²) >= 11 is 0. The molecule has 0 saturated heterocycles. The molecule has 0 radical (unpaired) electrons. The summed E-state index contributed by atoms with van der Waals surface area (Å²) in [5, 5.41) is 10.9. The van der Waals surface area contributed by atoms with E-state index in [0.717, 1.165) is 16.3 Å². The zero-order valence-electron chi connectivity index (χ0n) is 25.1. The van der Waals surface area contributed by atoms with Crippen molar-refractivity contribution in [2.75, 3.05) is 6.61 Å². The molecule has 1 saturated carbocycles. The van der Waals surface area contributed by atoms with E-state index in [0.29, 0.717) is 48.3 Å². The monoisotopic (exact) mass is 511 g/mol. The average molecular weight is 512 g/mol. The molecule has 0 aromatic heterocycles. The van der Waals surface area contributed by atoms with Crippen LogP contribution in [0.15, 0.2) is 91.0 Å². The van der Waals surface area contributed by atoms with E-state index in [9.17, 15) is 9.59 Å². The van der Waals surface area contributed by atoms with Crippen LogP contribution in [0, 0.1) is 0 Å². The van der Waals surface area contributed by atoms with Gasteiger partial charge in [0.05, 0.1) is 7.98 Å². The van der Waals surface area contributed by atoms with E-state index in [-0.39, 0.29) is 13.0 Å². The van der Waals surface area contributed by atoms with Crippen molar-refractivity contribution in [3.8, 4) is 16.9 Å². The molecule has 1 aliphatic rings. The summed E-state index contributed by atoms with van der Waals surface area (Å²) < 4.78 is 40.0. The van der Waals surface area contributed by atoms with E-state index in [4.69, 9.17) is 15.3 Å². The molecule has 0 aliphatic heterocycles. The van der Waals surface area contributed by atoms with Gasteiger partial charge >= 0.3 is 5.97 Å². The van der Waals surface area contributed by atoms with Crippen molar-refractivity contribution in [2.45, 2.75) is 51.0 Å². The third-order valence-electron chi connectivity index (χ3n) is 6.62. The lowest BCUT2D eigenvalue weighted by Crippen LogP contribution is -2.33. The third kappa shape index (κ3) is 6.23. The predicted octanol–water partition coefficient (Wildman–Crippen LogP) is 7.34. The van der Waals surface area contributed by atoms with Gasteiger partial charge in [0, 0.05) is 34.2 Å². The lowest BCUT2D eigenvalue weighted by Gasteiger charge is -2.25. The Morgan fingerprint density at radius 2 is 1.66 bits per heavy atom. The molecule has 4 aromatic carbocycles. The van der Waals surface area contributed by atoms with Crippen molar-refractivity contribution in [1.29, 1.82) is 0 Å². The second kappa shape index (κ2) is 12.0. The van der Waals surface area contributed by atoms with Gasteiger partial charge in [0.2, 0.25) is 0 Å². The molecule has 0 heterocycles. The molecule has 0 spiro atoms. The van der Waals surface area contributed by atoms with Gasteiger partial charge in [0.1, 0.15) is 5.75 Å². The van der Waals surface area contributed by atoms with E-state index in [2.05, 4.69) is 0 Å². The Balaban J connectivity index is 1.45. The van der Waals surface area contributed by atoms with Gasteiger partial charge < -0.3 is 14.7 Å². The topological polar surface area (TPSA) is 66.8 Å². The van der Waals surface area contributed by atoms with Gasteiger partial charge in [0.25, 0.3) is 5.91 Å². The number of carbonyl (C=O) groups excluding carboxylic acids is 1. The number of unbranched alkanes of at least 4 members (excludes halogenated alkanes) is 2. The summed E-state index contributed by atoms with van der Waals surface area (Å²) in [5.74, 6) is -0.858. The highest BCUT2D eigenvalue weighted by Crippen LogP contribution is 2.34. The van der Waals surface area contributed by atoms with Gasteiger partial charge in [-0.1, -0.05) is 72.8 Å². The lowest BCUT2D eigenvalue weighted by molar-refractivity contribution is -0.137. The van der Waals surface area contributed by atoms with E-state index in [1.165, 1.54) is 4.90 Å². The second-order valence-electron chi connectivity index (χ2n) is 9.33. The van der Waals surface area contributed by atoms with Crippen LogP contribution in [0.2, 0.25) is 0 Å². The molecule has 5 heteroatoms. The first-order valence-electron chi connectivity index (χ1n) is 15.0. The highest BCUT2D eigenvalue weighted by Gasteiger charge is 2.34. The number of benzene rings is 4. The van der Waals surface area contributed by atoms with Crippen molar-refractivity contribution < 1.29 is 24.9 Å². The van der Waals surface area contributed by atoms with Crippen LogP contribution in [0.4, 0.5) is 0 Å². The van der Waals surface area contributed by atoms with E-state index in [1.54, 1.807) is 36.4 Å². The summed E-state index contributed by atoms with van der Waals surface area (Å²) in [6, 6.07) is 26.0. The standard InChI is InChI=1S/C33H33NO4/c35-32(36)16-2-1-9-21-38-31-15-8-5-12-27(31)23-34(28-19-20-28)33(37)30-14-7-6-13-29(30)26-18-17-24-10-3-4-11-25(24)22-26/h3-8,10-15,17-18,22,28H,1-2,9,16,19-21,23H2,(H,35,36)/i19D,20D2,28D. The predicted molar refractivity (Wildman–Crippen MR) is 150 cm³/mol. The van der Waals surface area contributed by atoms with Crippen molar-refractivity contribution in [2.24, 2.45) is 0 Å². The molecule has 0 bridgehead atoms. The van der Waals surface area contributed by atoms with Crippen LogP contribution in [0.25, 0.3) is 21.9 Å². The SMILES string of the molecule is [2H]C1C([2H])([2H])C1([2H])N(Cc1ccccc1OCCCCCC(=O)O)C(=O)c1ccccc1-c1ccc2ccccc2c1. The minimum absolute atomic E-state index is 0.107. The number of hydrogen-bond acceptors (Lipinski definition) is 3. The Bertz CT molecular complexity index is 1610. The Labute approximate surface area is 229 Å². The fourth-order valence-corrected chi connectivity index (χ4v) is 4.56. The van der Waals surface area contributed by atoms with Crippen LogP contribution >= 0.6 is 0 Å². The third-order valence-corrected chi connectivity index (χ3v) is 6.62. The maximum Gasteiger partial charge on any atom is 0.303 e. The first-order valence-corrected chi connectivity index (χ1v) is 12.9. The molecule has 1 aliphatic carbocycles. The van der Waals surface area contributed by atoms with Crippen LogP contribution in [-0.2, 0) is 11.3 Å². The Morgan fingerprint density at radius 1 is 0.921 bits per heavy atom. The number of carbonyl (C=O) groups is 2. The number of para-hydroxylation sites is 1. The first kappa shape index (κ1) is 20.9. The smallest absolute Gasteiger partial charge is 0.303 e. The number of hydrogen-bond donors (Lipinski definition) is 1. The Hall–Kier alpha value is -4.12. The molecule has 1 N–H and O–H groups in total. The van der Waals surface area contributed by atoms with Gasteiger partial charge in [-0.25, -0.2) is 0 Å². The fourth-order valence-electron chi connectivity index (χ4n) is 4.56. The molecule has 4 aromatic rings. The van der Waals surface area contributed by atoms with Crippen LogP contribution in [0.1, 0.15) is 59.9 Å². The number of ether oxygens (including phenoxy) is 1. The number of aliphatic carboxylic acids is 1. The first-order chi connectivity index (χ1) is 20.1. The number of fused-ring (bicyclic) bond motifs is 1. The van der Waals surface area contributed by atoms with Gasteiger partial charge in [0.15, 0.2) is 0 Å². The maximum absolute atomic E-state index is 14.3. The quantitative estimate of drug-likeness (QED) is 0.202. The van der Waals surface area contributed by atoms with E-state index >= 15 is 0 Å². The van der Waals surface area contributed by atoms with Crippen molar-refractivity contribution in [3.63, 3.8) is 0 Å². The number of amides is 1. The number of rotatable bonds is 12. The average Bonchev–Trinajstić information content (AvgIpc) is 3.40. The summed E-state index contributed by atoms with van der Waals surface area (Å²) in [4.78, 5) is 26.2. The molecule has 1 fully saturated rings. The Kier molecular flexibility index (Phi) is 6.57. The Morgan fingerprint density at radius 3 is 2.47 bits per heavy atom. The number of carboxylic acids is 1. The van der Waals surface area contributed by atoms with Gasteiger partial charge in [-0.15, -0.1) is 0 Å². The van der Waals surface area contributed by atoms with Crippen LogP contribution in [0.3, 0.4) is 0 Å². The summed E-state index contributed by atoms with van der Waals surface area (Å²) in [7, 11) is 0. The van der Waals surface area contributed by atoms with Crippen LogP contribution in [0.5, 0.6) is 5.75 Å². The van der Waals surface area contributed by atoms with Crippen molar-refractivity contribution in [1.82, 2.24) is 4.90 Å². The number of carboxylic acid groups (broad SMARTS) is 1. The maximum atomic E-state index is 14.3. The molecule has 5 nitrogen and oxygen atoms in total. The highest BCUT2D eigenvalue weighted by molar-refractivity contribution is 6.02. The molecule has 1 amide bonds. The highest BCUT2D eigenvalue weighted by atomic mass is 16.5. The molecular formula is C33H33NO4. The number of nitrogens with zero attached hydrogens (tertiary/aromatic N) is 1. The fraction of sp³-hybridized carbons (Fsp3) is 0.273. The molecule has 5 rings (SSSR count). The molecule has 194 valence electrons. The normalized spacial score (nSPS) is 21.0. The van der Waals surface area contributed by atoms with Crippen molar-refractivity contribution >= 4 is 22.6 Å². The second-order valence-corrected chi connectivity index (χ2v) is 9.33. The largest absolute Gasteiger partial charge is 0.493 e. The zero-order chi connectivity index (χ0) is 29.9. The van der Waals surface area contributed by atoms with Crippen LogP contribution in [-0.4, -0.2) is 34.5 Å². The van der Waals surface area contributed by atoms with Crippen molar-refractivity contribution in [3.05, 3.63) is 102 Å². The minimum Gasteiger partial charge on any atom is -0.493 e. The van der Waals surface area contributed by atoms with E-state index < -0.39 is 30.7 Å². The van der Waals surface area contributed by atoms with E-state index in [1.807, 2.05) is 54.6 Å². The molecule has 2 unspecified atom stereocenters. The summed E-state index contributed by atoms with van der Waals surface area (Å²) in [6.45, 7) is 0.238. The summed E-state index contributed by atoms with van der Waals surface area (Å²) in [6.07, 6.45) is -1.62. The molecule has 2 atom stereocenters. The zero-order valence-corrected chi connectivity index (χ0v) is 21.1. The van der Waals surface area contributed by atoms with Gasteiger partial charge in [-0.2, -0.15) is 0 Å². The van der Waals surface area contributed by atoms with Crippen LogP contribution < -0.4 is 4.74 Å². The lowest BCUT2D eigenvalue weighted by atomic mass is 9.96. The van der Waals surface area contributed by atoms with Gasteiger partial charge in [-0.05, 0) is 72.1 Å². The minimum atomic E-state index is -2.21. The molecular weight excluding hydrogens is 474 g/mol.